The van der Waals surface area contributed by atoms with Crippen LogP contribution in [0.25, 0.3) is 0 Å². The van der Waals surface area contributed by atoms with Crippen molar-refractivity contribution in [3.05, 3.63) is 21.8 Å². The van der Waals surface area contributed by atoms with E-state index in [2.05, 4.69) is 21.8 Å². The monoisotopic (exact) mass is 292 g/mol. The molecule has 0 radical (unpaired) electrons. The second-order valence-electron chi connectivity index (χ2n) is 0.914. The van der Waals surface area contributed by atoms with Gasteiger partial charge in [0.05, 0.1) is 0 Å². The number of allylic oxidation sites excluding steroid dienone is 2. The fraction of sp³-hybridized carbons (Fsp3) is 0. The van der Waals surface area contributed by atoms with Gasteiger partial charge >= 0.3 is 49.3 Å². The van der Waals surface area contributed by atoms with Crippen LogP contribution in [0.3, 0.4) is 0 Å². The van der Waals surface area contributed by atoms with Gasteiger partial charge in [-0.1, -0.05) is 0 Å². The van der Waals surface area contributed by atoms with E-state index in [0.717, 1.165) is 0 Å². The van der Waals surface area contributed by atoms with Crippen LogP contribution in [0.15, 0.2) is 21.8 Å². The molecule has 0 nitrogen and oxygen atoms in total. The van der Waals surface area contributed by atoms with E-state index in [9.17, 15) is 0 Å². The van der Waals surface area contributed by atoms with Crippen LogP contribution in [0.2, 0.25) is 0 Å². The van der Waals surface area contributed by atoms with Crippen molar-refractivity contribution < 1.29 is 0 Å². The van der Waals surface area contributed by atoms with Crippen LogP contribution in [0, 0.1) is 0 Å². The zero-order valence-corrected chi connectivity index (χ0v) is 7.58. The molecule has 0 bridgehead atoms. The summed E-state index contributed by atoms with van der Waals surface area (Å²) < 4.78 is 2.35. The van der Waals surface area contributed by atoms with E-state index in [1.807, 2.05) is 0 Å². The number of hydrogen-bond donors (Lipinski definition) is 0. The third kappa shape index (κ3) is 1.41. The Morgan fingerprint density at radius 3 is 2.50 bits per heavy atom. The number of rotatable bonds is 0. The van der Waals surface area contributed by atoms with Crippen LogP contribution in [0.5, 0.6) is 0 Å². The maximum atomic E-state index is 2.35. The van der Waals surface area contributed by atoms with Crippen molar-refractivity contribution in [2.24, 2.45) is 0 Å². The summed E-state index contributed by atoms with van der Waals surface area (Å²) in [6, 6.07) is 0. The van der Waals surface area contributed by atoms with Crippen molar-refractivity contribution in [3.63, 3.8) is 0 Å². The molecule has 30 valence electrons. The van der Waals surface area contributed by atoms with Gasteiger partial charge in [-0.05, 0) is 0 Å². The molecule has 0 N–H and O–H groups in total. The normalized spacial score (nSPS) is 18.7. The van der Waals surface area contributed by atoms with Crippen LogP contribution in [-0.4, -0.2) is 22.1 Å². The van der Waals surface area contributed by atoms with Crippen LogP contribution in [0.4, 0.5) is 0 Å². The zero-order valence-electron chi connectivity index (χ0n) is 3.20. The second-order valence-corrected chi connectivity index (χ2v) is 8.22. The first kappa shape index (κ1) is 4.81. The summed E-state index contributed by atoms with van der Waals surface area (Å²) >= 11 is -0.0841. The van der Waals surface area contributed by atoms with Gasteiger partial charge in [0.25, 0.3) is 0 Å². The van der Waals surface area contributed by atoms with E-state index in [0.29, 0.717) is 0 Å². The standard InChI is InChI=1S/C4H4P.Bi/c1-2-3-4-5;/h1-4H;. The zero-order chi connectivity index (χ0) is 4.24. The topological polar surface area (TPSA) is 0 Å². The van der Waals surface area contributed by atoms with Gasteiger partial charge in [0.1, 0.15) is 0 Å². The Labute approximate surface area is 49.3 Å². The van der Waals surface area contributed by atoms with Crippen molar-refractivity contribution >= 4 is 27.5 Å². The molecule has 1 aliphatic rings. The van der Waals surface area contributed by atoms with E-state index >= 15 is 0 Å². The Hall–Kier alpha value is 0.663. The molecular weight excluding hydrogens is 288 g/mol. The average molecular weight is 292 g/mol. The van der Waals surface area contributed by atoms with Crippen molar-refractivity contribution in [1.29, 1.82) is 0 Å². The fourth-order valence-corrected chi connectivity index (χ4v) is 4.64. The van der Waals surface area contributed by atoms with Crippen LogP contribution >= 0.6 is 5.40 Å². The minimum absolute atomic E-state index is 0.0841. The molecule has 0 fully saturated rings. The fourth-order valence-electron chi connectivity index (χ4n) is 0.253. The summed E-state index contributed by atoms with van der Waals surface area (Å²) in [4.78, 5) is 0. The Balaban J connectivity index is 2.77. The Morgan fingerprint density at radius 1 is 1.33 bits per heavy atom. The SMILES string of the molecule is C1=C[P]=[Bi][CH]=C1. The predicted molar refractivity (Wildman–Crippen MR) is 31.0 cm³/mol. The molecular formula is C4H4BiP. The molecule has 0 atom stereocenters. The first-order chi connectivity index (χ1) is 3.00. The molecule has 1 rings (SSSR count). The molecule has 1 aliphatic heterocycles. The Bertz CT molecular complexity index is 76.9. The molecule has 0 aromatic rings. The van der Waals surface area contributed by atoms with Crippen molar-refractivity contribution in [2.45, 2.75) is 0 Å². The van der Waals surface area contributed by atoms with E-state index in [1.54, 1.807) is 5.40 Å². The molecule has 6 heavy (non-hydrogen) atoms. The molecule has 0 amide bonds. The molecule has 0 aliphatic carbocycles. The van der Waals surface area contributed by atoms with Gasteiger partial charge in [-0.2, -0.15) is 0 Å². The van der Waals surface area contributed by atoms with Gasteiger partial charge in [-0.25, -0.2) is 0 Å². The first-order valence-corrected chi connectivity index (χ1v) is 9.31. The number of hydrogen-bond acceptors (Lipinski definition) is 0. The molecule has 0 aromatic heterocycles. The van der Waals surface area contributed by atoms with Gasteiger partial charge in [0.15, 0.2) is 0 Å². The molecule has 0 aromatic carbocycles. The summed E-state index contributed by atoms with van der Waals surface area (Å²) in [5.74, 6) is 2.23. The third-order valence-corrected chi connectivity index (χ3v) is 6.39. The van der Waals surface area contributed by atoms with Crippen LogP contribution < -0.4 is 0 Å². The van der Waals surface area contributed by atoms with Gasteiger partial charge in [0, 0.05) is 0 Å². The van der Waals surface area contributed by atoms with E-state index in [-0.39, 0.29) is 22.1 Å². The van der Waals surface area contributed by atoms with Crippen molar-refractivity contribution in [2.75, 3.05) is 0 Å². The summed E-state index contributed by atoms with van der Waals surface area (Å²) in [5, 5.41) is 1.61. The summed E-state index contributed by atoms with van der Waals surface area (Å²) in [7, 11) is 0. The third-order valence-electron chi connectivity index (χ3n) is 0.483. The minimum atomic E-state index is -0.0841. The molecule has 0 saturated heterocycles. The molecule has 1 heterocycles. The van der Waals surface area contributed by atoms with E-state index < -0.39 is 0 Å². The summed E-state index contributed by atoms with van der Waals surface area (Å²) in [6.45, 7) is 0. The van der Waals surface area contributed by atoms with Crippen molar-refractivity contribution in [3.8, 4) is 0 Å². The molecule has 0 spiro atoms. The molecule has 0 unspecified atom stereocenters. The summed E-state index contributed by atoms with van der Waals surface area (Å²) in [5.41, 5.74) is 0. The summed E-state index contributed by atoms with van der Waals surface area (Å²) in [6.07, 6.45) is 4.28. The van der Waals surface area contributed by atoms with Gasteiger partial charge in [-0.3, -0.25) is 0 Å². The molecule has 0 saturated carbocycles. The van der Waals surface area contributed by atoms with Crippen LogP contribution in [-0.2, 0) is 0 Å². The average Bonchev–Trinajstić information content (AvgIpc) is 1.72. The van der Waals surface area contributed by atoms with Gasteiger partial charge < -0.3 is 0 Å². The quantitative estimate of drug-likeness (QED) is 0.470. The van der Waals surface area contributed by atoms with Gasteiger partial charge in [-0.15, -0.1) is 0 Å². The van der Waals surface area contributed by atoms with Gasteiger partial charge in [0.2, 0.25) is 0 Å². The Kier molecular flexibility index (Phi) is 2.23. The Morgan fingerprint density at radius 2 is 2.33 bits per heavy atom. The predicted octanol–water partition coefficient (Wildman–Crippen LogP) is 1.59. The van der Waals surface area contributed by atoms with Crippen molar-refractivity contribution in [1.82, 2.24) is 0 Å². The molecule has 2 heteroatoms. The first-order valence-electron chi connectivity index (χ1n) is 1.72. The maximum absolute atomic E-state index is 2.35. The van der Waals surface area contributed by atoms with Crippen LogP contribution in [0.1, 0.15) is 0 Å². The van der Waals surface area contributed by atoms with E-state index in [4.69, 9.17) is 0 Å². The second kappa shape index (κ2) is 2.77. The van der Waals surface area contributed by atoms with E-state index in [1.165, 1.54) is 0 Å².